The van der Waals surface area contributed by atoms with Crippen molar-refractivity contribution in [3.63, 3.8) is 0 Å². The number of piperidine rings is 1. The predicted molar refractivity (Wildman–Crippen MR) is 104 cm³/mol. The van der Waals surface area contributed by atoms with Gasteiger partial charge in [0.05, 0.1) is 11.7 Å². The van der Waals surface area contributed by atoms with Crippen LogP contribution in [-0.2, 0) is 6.54 Å². The van der Waals surface area contributed by atoms with Crippen molar-refractivity contribution in [2.45, 2.75) is 32.4 Å². The van der Waals surface area contributed by atoms with Crippen molar-refractivity contribution < 1.29 is 0 Å². The quantitative estimate of drug-likeness (QED) is 0.609. The van der Waals surface area contributed by atoms with Gasteiger partial charge in [-0.05, 0) is 37.9 Å². The molecule has 1 unspecified atom stereocenters. The molecule has 0 spiro atoms. The van der Waals surface area contributed by atoms with Crippen LogP contribution in [0.15, 0.2) is 48.8 Å². The summed E-state index contributed by atoms with van der Waals surface area (Å²) < 4.78 is 2.45. The summed E-state index contributed by atoms with van der Waals surface area (Å²) in [6.07, 6.45) is 6.28. The highest BCUT2D eigenvalue weighted by Gasteiger charge is 2.25. The molecule has 26 heavy (non-hydrogen) atoms. The van der Waals surface area contributed by atoms with E-state index in [2.05, 4.69) is 62.8 Å². The molecule has 1 fully saturated rings. The number of aromatic nitrogens is 4. The van der Waals surface area contributed by atoms with E-state index in [1.807, 2.05) is 12.4 Å². The lowest BCUT2D eigenvalue weighted by Gasteiger charge is -2.34. The van der Waals surface area contributed by atoms with E-state index in [9.17, 15) is 0 Å². The Bertz CT molecular complexity index is 1050. The number of fused-ring (bicyclic) bond motifs is 3. The van der Waals surface area contributed by atoms with Gasteiger partial charge < -0.3 is 9.55 Å². The SMILES string of the molecule is Cc1nc2cnc3[nH]ccc3c2n1C1CCCN(Cc2ccccc2)C1. The highest BCUT2D eigenvalue weighted by Crippen LogP contribution is 2.31. The third-order valence-corrected chi connectivity index (χ3v) is 5.51. The molecule has 132 valence electrons. The van der Waals surface area contributed by atoms with Gasteiger partial charge >= 0.3 is 0 Å². The summed E-state index contributed by atoms with van der Waals surface area (Å²) in [4.78, 5) is 15.1. The van der Waals surface area contributed by atoms with Gasteiger partial charge in [0.1, 0.15) is 17.0 Å². The number of H-pyrrole nitrogens is 1. The number of hydrogen-bond donors (Lipinski definition) is 1. The largest absolute Gasteiger partial charge is 0.346 e. The number of benzene rings is 1. The summed E-state index contributed by atoms with van der Waals surface area (Å²) in [5.74, 6) is 1.09. The smallest absolute Gasteiger partial charge is 0.139 e. The summed E-state index contributed by atoms with van der Waals surface area (Å²) >= 11 is 0. The molecule has 0 amide bonds. The molecule has 4 heterocycles. The Morgan fingerprint density at radius 1 is 1.19 bits per heavy atom. The molecule has 0 saturated carbocycles. The number of imidazole rings is 1. The van der Waals surface area contributed by atoms with Crippen molar-refractivity contribution in [2.75, 3.05) is 13.1 Å². The molecule has 0 radical (unpaired) electrons. The number of likely N-dealkylation sites (tertiary alicyclic amines) is 1. The fraction of sp³-hybridized carbons (Fsp3) is 0.333. The predicted octanol–water partition coefficient (Wildman–Crippen LogP) is 4.06. The topological polar surface area (TPSA) is 49.7 Å². The fourth-order valence-corrected chi connectivity index (χ4v) is 4.38. The first kappa shape index (κ1) is 15.6. The lowest BCUT2D eigenvalue weighted by molar-refractivity contribution is 0.171. The van der Waals surface area contributed by atoms with Gasteiger partial charge in [-0.2, -0.15) is 0 Å². The van der Waals surface area contributed by atoms with E-state index in [1.165, 1.54) is 29.3 Å². The third-order valence-electron chi connectivity index (χ3n) is 5.51. The molecule has 3 aromatic heterocycles. The number of nitrogens with one attached hydrogen (secondary N) is 1. The van der Waals surface area contributed by atoms with Crippen LogP contribution in [0.2, 0.25) is 0 Å². The number of nitrogens with zero attached hydrogens (tertiary/aromatic N) is 4. The van der Waals surface area contributed by atoms with Crippen LogP contribution < -0.4 is 0 Å². The maximum Gasteiger partial charge on any atom is 0.139 e. The lowest BCUT2D eigenvalue weighted by Crippen LogP contribution is -2.36. The molecular formula is C21H23N5. The van der Waals surface area contributed by atoms with Gasteiger partial charge in [0.25, 0.3) is 0 Å². The Morgan fingerprint density at radius 2 is 2.08 bits per heavy atom. The normalized spacial score (nSPS) is 18.7. The summed E-state index contributed by atoms with van der Waals surface area (Å²) in [6.45, 7) is 5.37. The second-order valence-electron chi connectivity index (χ2n) is 7.28. The highest BCUT2D eigenvalue weighted by atomic mass is 15.2. The number of hydrogen-bond acceptors (Lipinski definition) is 3. The van der Waals surface area contributed by atoms with Crippen LogP contribution in [-0.4, -0.2) is 37.5 Å². The van der Waals surface area contributed by atoms with E-state index in [4.69, 9.17) is 4.98 Å². The minimum Gasteiger partial charge on any atom is -0.346 e. The molecule has 4 aromatic rings. The van der Waals surface area contributed by atoms with Crippen molar-refractivity contribution >= 4 is 22.1 Å². The van der Waals surface area contributed by atoms with Gasteiger partial charge in [-0.1, -0.05) is 30.3 Å². The average Bonchev–Trinajstić information content (AvgIpc) is 3.26. The Balaban J connectivity index is 1.51. The molecule has 1 saturated heterocycles. The van der Waals surface area contributed by atoms with E-state index in [1.54, 1.807) is 0 Å². The molecule has 1 atom stereocenters. The van der Waals surface area contributed by atoms with Gasteiger partial charge in [-0.3, -0.25) is 4.90 Å². The maximum absolute atomic E-state index is 4.80. The van der Waals surface area contributed by atoms with E-state index >= 15 is 0 Å². The van der Waals surface area contributed by atoms with Crippen molar-refractivity contribution in [3.05, 3.63) is 60.2 Å². The third kappa shape index (κ3) is 2.59. The first-order valence-corrected chi connectivity index (χ1v) is 9.36. The molecule has 1 aliphatic rings. The molecule has 1 aliphatic heterocycles. The van der Waals surface area contributed by atoms with Crippen LogP contribution in [0.1, 0.15) is 30.3 Å². The van der Waals surface area contributed by atoms with Crippen LogP contribution in [0.5, 0.6) is 0 Å². The minimum atomic E-state index is 0.456. The molecule has 5 heteroatoms. The van der Waals surface area contributed by atoms with Crippen molar-refractivity contribution in [3.8, 4) is 0 Å². The summed E-state index contributed by atoms with van der Waals surface area (Å²) in [7, 11) is 0. The number of rotatable bonds is 3. The monoisotopic (exact) mass is 345 g/mol. The van der Waals surface area contributed by atoms with Gasteiger partial charge in [0.2, 0.25) is 0 Å². The van der Waals surface area contributed by atoms with Gasteiger partial charge in [0.15, 0.2) is 0 Å². The van der Waals surface area contributed by atoms with E-state index < -0.39 is 0 Å². The van der Waals surface area contributed by atoms with Crippen molar-refractivity contribution in [1.29, 1.82) is 0 Å². The number of pyridine rings is 1. The molecule has 1 N–H and O–H groups in total. The average molecular weight is 345 g/mol. The second kappa shape index (κ2) is 6.25. The van der Waals surface area contributed by atoms with Crippen molar-refractivity contribution in [2.24, 2.45) is 0 Å². The van der Waals surface area contributed by atoms with Gasteiger partial charge in [0, 0.05) is 30.7 Å². The van der Waals surface area contributed by atoms with Crippen LogP contribution in [0.25, 0.3) is 22.1 Å². The Hall–Kier alpha value is -2.66. The standard InChI is InChI=1S/C21H23N5/c1-15-24-19-12-23-21-18(9-10-22-21)20(19)26(15)17-8-5-11-25(14-17)13-16-6-3-2-4-7-16/h2-4,6-7,9-10,12,17H,5,8,11,13-14H2,1H3,(H,22,23). The maximum atomic E-state index is 4.80. The second-order valence-corrected chi connectivity index (χ2v) is 7.28. The van der Waals surface area contributed by atoms with Gasteiger partial charge in [-0.25, -0.2) is 9.97 Å². The van der Waals surface area contributed by atoms with Crippen LogP contribution in [0, 0.1) is 6.92 Å². The zero-order valence-electron chi connectivity index (χ0n) is 15.0. The van der Waals surface area contributed by atoms with Crippen LogP contribution >= 0.6 is 0 Å². The van der Waals surface area contributed by atoms with Gasteiger partial charge in [-0.15, -0.1) is 0 Å². The zero-order chi connectivity index (χ0) is 17.5. The summed E-state index contributed by atoms with van der Waals surface area (Å²) in [5.41, 5.74) is 4.54. The zero-order valence-corrected chi connectivity index (χ0v) is 15.0. The van der Waals surface area contributed by atoms with Crippen molar-refractivity contribution in [1.82, 2.24) is 24.4 Å². The first-order chi connectivity index (χ1) is 12.8. The number of aryl methyl sites for hydroxylation is 1. The molecular weight excluding hydrogens is 322 g/mol. The number of aromatic amines is 1. The Labute approximate surface area is 152 Å². The van der Waals surface area contributed by atoms with E-state index in [0.717, 1.165) is 36.6 Å². The first-order valence-electron chi connectivity index (χ1n) is 9.36. The van der Waals surface area contributed by atoms with Crippen LogP contribution in [0.3, 0.4) is 0 Å². The Morgan fingerprint density at radius 3 is 2.96 bits per heavy atom. The Kier molecular flexibility index (Phi) is 3.75. The molecule has 1 aromatic carbocycles. The van der Waals surface area contributed by atoms with E-state index in [0.29, 0.717) is 6.04 Å². The highest BCUT2D eigenvalue weighted by molar-refractivity contribution is 6.01. The lowest BCUT2D eigenvalue weighted by atomic mass is 10.0. The molecule has 0 bridgehead atoms. The fourth-order valence-electron chi connectivity index (χ4n) is 4.38. The molecule has 5 nitrogen and oxygen atoms in total. The molecule has 5 rings (SSSR count). The molecule has 0 aliphatic carbocycles. The summed E-state index contributed by atoms with van der Waals surface area (Å²) in [6, 6.07) is 13.3. The van der Waals surface area contributed by atoms with Crippen LogP contribution in [0.4, 0.5) is 0 Å². The van der Waals surface area contributed by atoms with E-state index in [-0.39, 0.29) is 0 Å². The minimum absolute atomic E-state index is 0.456. The summed E-state index contributed by atoms with van der Waals surface area (Å²) in [5, 5.41) is 1.17.